The van der Waals surface area contributed by atoms with Gasteiger partial charge in [-0.1, -0.05) is 118 Å². The number of Topliss-reactive ketones (excluding diaryl/α,β-unsaturated/α-hetero) is 3. The van der Waals surface area contributed by atoms with Crippen LogP contribution in [0.1, 0.15) is 151 Å². The summed E-state index contributed by atoms with van der Waals surface area (Å²) < 4.78 is 46.4. The fraction of sp³-hybridized carbons (Fsp3) is 0.662. The van der Waals surface area contributed by atoms with Gasteiger partial charge in [-0.25, -0.2) is 18.0 Å². The van der Waals surface area contributed by atoms with Gasteiger partial charge in [-0.05, 0) is 97.5 Å². The van der Waals surface area contributed by atoms with Crippen molar-refractivity contribution in [2.75, 3.05) is 77.3 Å². The normalized spacial score (nSPS) is 19.7. The number of carbonyl (C=O) groups is 11. The molecule has 2 aromatic carbocycles. The number of nitrogens with two attached hydrogens (primary N) is 1. The summed E-state index contributed by atoms with van der Waals surface area (Å²) in [5, 5.41) is 19.1. The predicted octanol–water partition coefficient (Wildman–Crippen LogP) is 7.61. The van der Waals surface area contributed by atoms with Gasteiger partial charge < -0.3 is 55.7 Å². The van der Waals surface area contributed by atoms with E-state index in [9.17, 15) is 66.3 Å². The Labute approximate surface area is 617 Å². The van der Waals surface area contributed by atoms with Gasteiger partial charge in [-0.3, -0.25) is 48.1 Å². The summed E-state index contributed by atoms with van der Waals surface area (Å²) in [5.74, 6) is -8.42. The molecule has 29 heteroatoms. The number of aliphatic hydroxyl groups is 1. The molecule has 2 saturated heterocycles. The van der Waals surface area contributed by atoms with Crippen LogP contribution in [0.25, 0.3) is 0 Å². The van der Waals surface area contributed by atoms with Crippen molar-refractivity contribution in [2.45, 2.75) is 195 Å². The molecule has 0 aliphatic carbocycles. The Hall–Kier alpha value is -6.76. The van der Waals surface area contributed by atoms with E-state index in [0.717, 1.165) is 26.5 Å². The van der Waals surface area contributed by atoms with Crippen molar-refractivity contribution in [3.8, 4) is 0 Å². The molecule has 2 unspecified atom stereocenters. The first-order chi connectivity index (χ1) is 48.6. The number of likely N-dealkylation sites (N-methyl/N-ethyl adjacent to an activating group) is 2. The molecule has 0 saturated carbocycles. The second-order valence-corrected chi connectivity index (χ2v) is 32.6. The number of likely N-dealkylation sites (tertiary alicyclic amines) is 1. The third kappa shape index (κ3) is 23.4. The zero-order valence-corrected chi connectivity index (χ0v) is 65.4. The van der Waals surface area contributed by atoms with E-state index >= 15 is 0 Å². The average molecular weight is 1500 g/mol. The van der Waals surface area contributed by atoms with Crippen LogP contribution in [0.15, 0.2) is 65.6 Å². The van der Waals surface area contributed by atoms with Crippen molar-refractivity contribution in [3.05, 3.63) is 76.7 Å². The van der Waals surface area contributed by atoms with Crippen LogP contribution in [0.5, 0.6) is 0 Å². The number of rotatable bonds is 42. The molecule has 26 nitrogen and oxygen atoms in total. The van der Waals surface area contributed by atoms with Gasteiger partial charge in [0.15, 0.2) is 11.6 Å². The summed E-state index contributed by atoms with van der Waals surface area (Å²) in [7, 11) is 2.09. The number of hydrogen-bond acceptors (Lipinski definition) is 19. The van der Waals surface area contributed by atoms with Crippen LogP contribution in [0.3, 0.4) is 0 Å². The van der Waals surface area contributed by atoms with E-state index in [1.165, 1.54) is 36.9 Å². The number of anilines is 1. The number of nitrogens with one attached hydrogen (secondary N) is 3. The van der Waals surface area contributed by atoms with Gasteiger partial charge in [-0.15, -0.1) is 11.8 Å². The molecule has 0 radical (unpaired) electrons. The van der Waals surface area contributed by atoms with Gasteiger partial charge >= 0.3 is 12.1 Å². The van der Waals surface area contributed by atoms with Crippen molar-refractivity contribution in [1.82, 2.24) is 34.5 Å². The van der Waals surface area contributed by atoms with Gasteiger partial charge in [0.25, 0.3) is 11.8 Å². The topological polar surface area (TPSA) is 348 Å². The number of imide groups is 1. The summed E-state index contributed by atoms with van der Waals surface area (Å²) in [6.07, 6.45) is 3.05. The maximum Gasteiger partial charge on any atom is 0.410 e. The lowest BCUT2D eigenvalue weighted by Gasteiger charge is -2.41. The predicted molar refractivity (Wildman–Crippen MR) is 397 cm³/mol. The second kappa shape index (κ2) is 40.7. The molecule has 3 aliphatic heterocycles. The number of benzene rings is 2. The first-order valence-electron chi connectivity index (χ1n) is 35.8. The van der Waals surface area contributed by atoms with E-state index in [-0.39, 0.29) is 122 Å². The smallest absolute Gasteiger partial charge is 0.410 e. The van der Waals surface area contributed by atoms with Crippen molar-refractivity contribution in [3.63, 3.8) is 0 Å². The van der Waals surface area contributed by atoms with E-state index in [2.05, 4.69) is 16.0 Å². The molecule has 3 heterocycles. The molecule has 0 bridgehead atoms. The van der Waals surface area contributed by atoms with Crippen molar-refractivity contribution < 1.29 is 80.5 Å². The number of sulfonamides is 1. The molecule has 2 aromatic rings. The number of hydrogen-bond donors (Lipinski definition) is 5. The molecule has 0 spiro atoms. The highest BCUT2D eigenvalue weighted by molar-refractivity contribution is 8.03. The van der Waals surface area contributed by atoms with Crippen LogP contribution in [-0.2, 0) is 74.0 Å². The summed E-state index contributed by atoms with van der Waals surface area (Å²) in [6.45, 7) is 18.3. The first-order valence-corrected chi connectivity index (χ1v) is 40.0. The Balaban J connectivity index is 1.22. The van der Waals surface area contributed by atoms with Crippen molar-refractivity contribution in [2.24, 2.45) is 53.1 Å². The summed E-state index contributed by atoms with van der Waals surface area (Å²) in [5.41, 5.74) is 6.86. The lowest BCUT2D eigenvalue weighted by Crippen LogP contribution is -2.54. The zero-order chi connectivity index (χ0) is 76.9. The molecule has 103 heavy (non-hydrogen) atoms. The second-order valence-electron chi connectivity index (χ2n) is 28.7. The molecular formula is C74H113N9O17S3. The molecule has 5 rings (SSSR count). The molecule has 0 aromatic heterocycles. The number of methoxy groups -OCH3 is 2. The fourth-order valence-corrected chi connectivity index (χ4v) is 17.6. The Morgan fingerprint density at radius 1 is 0.796 bits per heavy atom. The van der Waals surface area contributed by atoms with E-state index in [4.69, 9.17) is 19.9 Å². The third-order valence-corrected chi connectivity index (χ3v) is 23.9. The van der Waals surface area contributed by atoms with E-state index in [0.29, 0.717) is 37.1 Å². The molecule has 3 aliphatic rings. The van der Waals surface area contributed by atoms with Gasteiger partial charge in [0.2, 0.25) is 33.7 Å². The number of ether oxygens (including phenoxy) is 3. The van der Waals surface area contributed by atoms with Gasteiger partial charge in [0.1, 0.15) is 18.4 Å². The van der Waals surface area contributed by atoms with E-state index < -0.39 is 136 Å². The number of ketones is 3. The minimum atomic E-state index is -4.10. The standard InChI is InChI=1S/C74H113N9O17S3/c1-17-46(8)66(60(98-13)39-62(87)81-32-22-26-55(81)68(99-14)48(10)57(84)35-47(9)67(89)50-23-19-18-20-24-50)79(11)71(92)54(43(2)3)38-59(86)65(45(6)7)80(12)74(95)100-42-49-27-29-52(30-28-49)77-69(90)51(25-21-31-76-73(75)94)36-58(85)64(44(4)5)78-70(91)56-37-53(41-82(56)103(96,97)34-33-101-15)83-63(88)40-61(102-16)72(83)93/h18-20,23-24,27-30,40,43-48,51,53-56,60,64-68,89H,17,21-22,25-26,31-39,41-42H2,1-16H3,(H,77,90)(H,78,91)(H3,75,76,94)/t46?,47-,48-,51+,53-,54-,55-,56-,60?,64-,65-,66-,67+,68+/m0/s1. The molecule has 6 N–H and O–H groups in total. The molecule has 2 fully saturated rings. The van der Waals surface area contributed by atoms with Crippen LogP contribution in [-0.4, -0.2) is 223 Å². The summed E-state index contributed by atoms with van der Waals surface area (Å²) >= 11 is 2.36. The van der Waals surface area contributed by atoms with Gasteiger partial charge in [-0.2, -0.15) is 16.1 Å². The molecular weight excluding hydrogens is 1380 g/mol. The SMILES string of the molecule is CCC(C)[C@@H](C(CC(=O)N1CCC[C@H]1[C@H](OC)[C@@H](C)C(=O)C[C@H](C)[C@@H](O)c1ccccc1)OC)N(C)C(=O)[C@@H](CC(=O)[C@H](C(C)C)N(C)C(=O)OCc1ccc(NC(=O)[C@H](CCCNC(N)=O)CC(=O)[C@@H](NC(=O)[C@@H]2C[C@H](N3C(=O)C=C(SC)C3=O)CN2S(=O)(=O)CCSC)C(C)C)cc1)C(C)C. The summed E-state index contributed by atoms with van der Waals surface area (Å²) in [6, 6.07) is 9.25. The quantitative estimate of drug-likeness (QED) is 0.0315. The lowest BCUT2D eigenvalue weighted by molar-refractivity contribution is -0.149. The Kier molecular flexibility index (Phi) is 34.3. The Bertz CT molecular complexity index is 3400. The van der Waals surface area contributed by atoms with Crippen molar-refractivity contribution in [1.29, 1.82) is 0 Å². The molecule has 574 valence electrons. The maximum atomic E-state index is 14.9. The van der Waals surface area contributed by atoms with Crippen LogP contribution in [0.4, 0.5) is 15.3 Å². The molecule has 9 amide bonds. The average Bonchev–Trinajstić information content (AvgIpc) is 1.62. The summed E-state index contributed by atoms with van der Waals surface area (Å²) in [4.78, 5) is 158. The Morgan fingerprint density at radius 3 is 2.02 bits per heavy atom. The maximum absolute atomic E-state index is 14.9. The van der Waals surface area contributed by atoms with Crippen LogP contribution < -0.4 is 21.7 Å². The number of carbonyl (C=O) groups excluding carboxylic acids is 11. The fourth-order valence-electron chi connectivity index (χ4n) is 14.4. The lowest BCUT2D eigenvalue weighted by atomic mass is 9.83. The molecule has 14 atom stereocenters. The number of primary amides is 1. The Morgan fingerprint density at radius 2 is 1.46 bits per heavy atom. The highest BCUT2D eigenvalue weighted by atomic mass is 32.2. The van der Waals surface area contributed by atoms with Crippen molar-refractivity contribution >= 4 is 104 Å². The minimum absolute atomic E-state index is 0.0695. The number of urea groups is 1. The van der Waals surface area contributed by atoms with Crippen LogP contribution in [0, 0.1) is 47.3 Å². The van der Waals surface area contributed by atoms with Gasteiger partial charge in [0.05, 0.1) is 65.6 Å². The number of nitrogens with zero attached hydrogens (tertiary/aromatic N) is 5. The van der Waals surface area contributed by atoms with E-state index in [1.807, 2.05) is 71.9 Å². The van der Waals surface area contributed by atoms with Gasteiger partial charge in [0, 0.05) is 102 Å². The number of thioether (sulfide) groups is 2. The first kappa shape index (κ1) is 86.9. The highest BCUT2D eigenvalue weighted by Gasteiger charge is 2.50. The zero-order valence-electron chi connectivity index (χ0n) is 62.9. The largest absolute Gasteiger partial charge is 0.445 e. The number of amides is 9. The monoisotopic (exact) mass is 1500 g/mol. The highest BCUT2D eigenvalue weighted by Crippen LogP contribution is 2.36. The number of aliphatic hydroxyl groups excluding tert-OH is 1. The minimum Gasteiger partial charge on any atom is -0.445 e. The van der Waals surface area contributed by atoms with Crippen LogP contribution in [0.2, 0.25) is 0 Å². The van der Waals surface area contributed by atoms with E-state index in [1.54, 1.807) is 88.4 Å². The van der Waals surface area contributed by atoms with Crippen LogP contribution >= 0.6 is 23.5 Å². The third-order valence-electron chi connectivity index (χ3n) is 20.5.